The number of benzene rings is 1. The minimum Gasteiger partial charge on any atom is -0.383 e. The highest BCUT2D eigenvalue weighted by Gasteiger charge is 2.22. The number of nitrogens with zero attached hydrogens (tertiary/aromatic N) is 11. The lowest BCUT2D eigenvalue weighted by molar-refractivity contribution is 0.211. The van der Waals surface area contributed by atoms with E-state index in [0.29, 0.717) is 39.9 Å². The molecule has 0 radical (unpaired) electrons. The fourth-order valence-corrected chi connectivity index (χ4v) is 5.65. The van der Waals surface area contributed by atoms with Crippen LogP contribution in [0.1, 0.15) is 34.0 Å². The van der Waals surface area contributed by atoms with Gasteiger partial charge < -0.3 is 11.1 Å². The van der Waals surface area contributed by atoms with E-state index >= 15 is 0 Å². The molecule has 0 amide bonds. The predicted octanol–water partition coefficient (Wildman–Crippen LogP) is 3.91. The van der Waals surface area contributed by atoms with Crippen LogP contribution in [0, 0.1) is 18.2 Å². The lowest BCUT2D eigenvalue weighted by Gasteiger charge is -2.32. The maximum atomic E-state index is 9.08. The summed E-state index contributed by atoms with van der Waals surface area (Å²) in [5, 5.41) is 20.9. The summed E-state index contributed by atoms with van der Waals surface area (Å²) in [4.78, 5) is 25.9. The largest absolute Gasteiger partial charge is 0.383 e. The number of nitrogens with one attached hydrogen (secondary N) is 1. The van der Waals surface area contributed by atoms with Crippen molar-refractivity contribution in [2.24, 2.45) is 7.05 Å². The highest BCUT2D eigenvalue weighted by atomic mass is 15.5. The molecule has 3 N–H and O–H groups in total. The summed E-state index contributed by atoms with van der Waals surface area (Å²) in [5.41, 5.74) is 10.5. The number of aromatic nitrogens is 9. The van der Waals surface area contributed by atoms with Gasteiger partial charge in [-0.25, -0.2) is 24.9 Å². The third kappa shape index (κ3) is 5.66. The van der Waals surface area contributed by atoms with Crippen LogP contribution in [0.25, 0.3) is 39.6 Å². The molecule has 1 fully saturated rings. The van der Waals surface area contributed by atoms with Crippen molar-refractivity contribution in [1.29, 1.82) is 5.26 Å². The van der Waals surface area contributed by atoms with Crippen LogP contribution in [0.15, 0.2) is 67.0 Å². The first-order valence-corrected chi connectivity index (χ1v) is 14.5. The topological polar surface area (TPSA) is 165 Å². The van der Waals surface area contributed by atoms with Gasteiger partial charge in [0, 0.05) is 54.9 Å². The number of aryl methyl sites for hydroxylation is 2. The van der Waals surface area contributed by atoms with Gasteiger partial charge in [-0.3, -0.25) is 9.47 Å². The quantitative estimate of drug-likeness (QED) is 0.273. The minimum absolute atomic E-state index is 0.119. The Labute approximate surface area is 263 Å². The first kappa shape index (κ1) is 24.7. The van der Waals surface area contributed by atoms with Crippen molar-refractivity contribution in [3.05, 3.63) is 84.1 Å². The average Bonchev–Trinajstić information content (AvgIpc) is 3.67. The SMILES string of the molecule is [2H]C([2H])([2H])c1nn(C)nc1-c1ccc2nc(-c3cccnc3N)n(-c3ccc(CN4CCC(Nc5ccnc(C#N)n5)CC4)cc3)c2n1. The highest BCUT2D eigenvalue weighted by Crippen LogP contribution is 2.32. The van der Waals surface area contributed by atoms with Crippen molar-refractivity contribution < 1.29 is 4.11 Å². The van der Waals surface area contributed by atoms with Gasteiger partial charge in [0.25, 0.3) is 0 Å². The highest BCUT2D eigenvalue weighted by molar-refractivity contribution is 5.84. The molecule has 224 valence electrons. The van der Waals surface area contributed by atoms with Crippen molar-refractivity contribution in [2.75, 3.05) is 24.1 Å². The van der Waals surface area contributed by atoms with Crippen molar-refractivity contribution >= 4 is 22.8 Å². The molecular formula is C32H31N13. The molecule has 1 saturated heterocycles. The normalized spacial score (nSPS) is 15.3. The molecular weight excluding hydrogens is 566 g/mol. The molecule has 0 aliphatic carbocycles. The van der Waals surface area contributed by atoms with Gasteiger partial charge in [0.1, 0.15) is 28.9 Å². The van der Waals surface area contributed by atoms with E-state index in [-0.39, 0.29) is 23.3 Å². The fourth-order valence-electron chi connectivity index (χ4n) is 5.65. The Morgan fingerprint density at radius 2 is 1.84 bits per heavy atom. The Kier molecular flexibility index (Phi) is 6.44. The number of imidazole rings is 1. The number of hydrogen-bond donors (Lipinski definition) is 2. The zero-order valence-electron chi connectivity index (χ0n) is 27.5. The van der Waals surface area contributed by atoms with Crippen LogP contribution < -0.4 is 11.1 Å². The Morgan fingerprint density at radius 1 is 1.00 bits per heavy atom. The van der Waals surface area contributed by atoms with Crippen LogP contribution >= 0.6 is 0 Å². The Balaban J connectivity index is 1.16. The van der Waals surface area contributed by atoms with E-state index in [4.69, 9.17) is 25.1 Å². The summed E-state index contributed by atoms with van der Waals surface area (Å²) in [6.07, 6.45) is 5.12. The first-order chi connectivity index (χ1) is 23.2. The van der Waals surface area contributed by atoms with Gasteiger partial charge in [0.2, 0.25) is 5.82 Å². The molecule has 1 aromatic carbocycles. The van der Waals surface area contributed by atoms with Gasteiger partial charge in [0.05, 0.1) is 17.0 Å². The lowest BCUT2D eigenvalue weighted by atomic mass is 10.0. The summed E-state index contributed by atoms with van der Waals surface area (Å²) in [6, 6.07) is 19.4. The number of nitriles is 1. The number of nitrogens with two attached hydrogens (primary N) is 1. The van der Waals surface area contributed by atoms with E-state index in [1.807, 2.05) is 28.8 Å². The average molecular weight is 601 g/mol. The third-order valence-electron chi connectivity index (χ3n) is 7.84. The summed E-state index contributed by atoms with van der Waals surface area (Å²) >= 11 is 0. The van der Waals surface area contributed by atoms with Gasteiger partial charge >= 0.3 is 0 Å². The van der Waals surface area contributed by atoms with Crippen molar-refractivity contribution in [3.63, 3.8) is 0 Å². The number of piperidine rings is 1. The molecule has 1 aliphatic heterocycles. The van der Waals surface area contributed by atoms with E-state index in [2.05, 4.69) is 47.5 Å². The number of nitrogen functional groups attached to an aromatic ring is 1. The molecule has 0 spiro atoms. The molecule has 0 bridgehead atoms. The molecule has 6 heterocycles. The Morgan fingerprint density at radius 3 is 2.62 bits per heavy atom. The molecule has 7 rings (SSSR count). The Hall–Kier alpha value is -5.74. The molecule has 5 aromatic heterocycles. The monoisotopic (exact) mass is 600 g/mol. The van der Waals surface area contributed by atoms with Gasteiger partial charge in [-0.05, 0) is 67.7 Å². The van der Waals surface area contributed by atoms with Gasteiger partial charge in [-0.1, -0.05) is 12.1 Å². The lowest BCUT2D eigenvalue weighted by Crippen LogP contribution is -2.38. The van der Waals surface area contributed by atoms with Crippen molar-refractivity contribution in [3.8, 4) is 34.5 Å². The van der Waals surface area contributed by atoms with Gasteiger partial charge in [-0.15, -0.1) is 0 Å². The smallest absolute Gasteiger partial charge is 0.234 e. The second-order valence-electron chi connectivity index (χ2n) is 10.9. The van der Waals surface area contributed by atoms with Gasteiger partial charge in [-0.2, -0.15) is 20.3 Å². The maximum absolute atomic E-state index is 9.08. The molecule has 0 atom stereocenters. The zero-order chi connectivity index (χ0) is 33.4. The molecule has 13 nitrogen and oxygen atoms in total. The number of hydrogen-bond acceptors (Lipinski definition) is 11. The minimum atomic E-state index is -2.46. The van der Waals surface area contributed by atoms with E-state index in [1.54, 1.807) is 43.7 Å². The third-order valence-corrected chi connectivity index (χ3v) is 7.84. The summed E-state index contributed by atoms with van der Waals surface area (Å²) in [7, 11) is 1.58. The predicted molar refractivity (Wildman–Crippen MR) is 170 cm³/mol. The number of fused-ring (bicyclic) bond motifs is 1. The molecule has 13 heteroatoms. The van der Waals surface area contributed by atoms with Crippen LogP contribution in [0.5, 0.6) is 0 Å². The number of pyridine rings is 2. The second-order valence-corrected chi connectivity index (χ2v) is 10.9. The van der Waals surface area contributed by atoms with Crippen molar-refractivity contribution in [1.82, 2.24) is 49.4 Å². The van der Waals surface area contributed by atoms with E-state index in [0.717, 1.165) is 43.7 Å². The van der Waals surface area contributed by atoms with E-state index in [9.17, 15) is 0 Å². The number of anilines is 2. The molecule has 6 aromatic rings. The van der Waals surface area contributed by atoms with Crippen LogP contribution in [-0.4, -0.2) is 68.5 Å². The standard InChI is InChI=1S/C32H31N13/c1-20-29(42-43(2)41-20)25-9-10-26-32(38-25)45(31(39-26)24-4-3-14-36-30(24)34)23-7-5-21(6-8-23)19-44-16-12-22(13-17-44)37-27-11-15-35-28(18-33)40-27/h3-11,14-15,22H,12-13,16-17,19H2,1-2H3,(H2,34,36)(H,35,37,40)/i1D3. The van der Waals surface area contributed by atoms with Crippen LogP contribution in [-0.2, 0) is 13.6 Å². The number of rotatable bonds is 7. The van der Waals surface area contributed by atoms with Gasteiger partial charge in [0.15, 0.2) is 11.5 Å². The van der Waals surface area contributed by atoms with Crippen molar-refractivity contribution in [2.45, 2.75) is 32.3 Å². The summed E-state index contributed by atoms with van der Waals surface area (Å²) < 4.78 is 25.8. The molecule has 45 heavy (non-hydrogen) atoms. The zero-order valence-corrected chi connectivity index (χ0v) is 24.5. The van der Waals surface area contributed by atoms with Crippen LogP contribution in [0.4, 0.5) is 11.6 Å². The molecule has 0 unspecified atom stereocenters. The van der Waals surface area contributed by atoms with Crippen LogP contribution in [0.2, 0.25) is 0 Å². The Bertz CT molecular complexity index is 2140. The summed E-state index contributed by atoms with van der Waals surface area (Å²) in [5.74, 6) is 1.71. The van der Waals surface area contributed by atoms with E-state index < -0.39 is 6.85 Å². The van der Waals surface area contributed by atoms with E-state index in [1.165, 1.54) is 4.80 Å². The van der Waals surface area contributed by atoms with Crippen LogP contribution in [0.3, 0.4) is 0 Å². The molecule has 0 saturated carbocycles. The summed E-state index contributed by atoms with van der Waals surface area (Å²) in [6.45, 7) is 0.161. The first-order valence-electron chi connectivity index (χ1n) is 16.0. The molecule has 1 aliphatic rings. The fraction of sp³-hybridized carbons (Fsp3) is 0.250. The number of likely N-dealkylation sites (tertiary alicyclic amines) is 1. The maximum Gasteiger partial charge on any atom is 0.234 e. The second kappa shape index (κ2) is 11.7.